The molecule has 2 aliphatic carbocycles. The molecule has 2 saturated carbocycles. The van der Waals surface area contributed by atoms with Gasteiger partial charge in [-0.2, -0.15) is 26.3 Å². The summed E-state index contributed by atoms with van der Waals surface area (Å²) in [6, 6.07) is 0. The van der Waals surface area contributed by atoms with Crippen LogP contribution in [0.15, 0.2) is 0 Å². The summed E-state index contributed by atoms with van der Waals surface area (Å²) >= 11 is 5.64. The maximum absolute atomic E-state index is 12.1. The van der Waals surface area contributed by atoms with E-state index in [1.165, 1.54) is 13.8 Å². The van der Waals surface area contributed by atoms with Crippen molar-refractivity contribution in [2.75, 3.05) is 0 Å². The maximum Gasteiger partial charge on any atom is 0.392 e. The summed E-state index contributed by atoms with van der Waals surface area (Å²) in [5.41, 5.74) is -0.649. The van der Waals surface area contributed by atoms with Gasteiger partial charge in [-0.25, -0.2) is 0 Å². The minimum atomic E-state index is -4.18. The predicted molar refractivity (Wildman–Crippen MR) is 102 cm³/mol. The lowest BCUT2D eigenvalue weighted by Crippen LogP contribution is -2.43. The lowest BCUT2D eigenvalue weighted by atomic mass is 9.81. The number of halogens is 7. The monoisotopic (exact) mass is 485 g/mol. The molecule has 5 nitrogen and oxygen atoms in total. The van der Waals surface area contributed by atoms with Crippen molar-refractivity contribution in [1.82, 2.24) is 6.15 Å². The molecular weight excluding hydrogens is 456 g/mol. The lowest BCUT2D eigenvalue weighted by molar-refractivity contribution is -0.222. The molecule has 0 heterocycles. The zero-order chi connectivity index (χ0) is 23.7. The second kappa shape index (κ2) is 10.1. The number of alkyl halides is 7. The van der Waals surface area contributed by atoms with Crippen LogP contribution in [0.4, 0.5) is 26.3 Å². The molecule has 0 radical (unpaired) electrons. The molecule has 12 heteroatoms. The van der Waals surface area contributed by atoms with E-state index in [9.17, 15) is 35.9 Å². The molecule has 2 aliphatic rings. The Labute approximate surface area is 182 Å². The standard InChI is InChI=1S/C10H15F3O2.C9H12ClF3O2.H3N/c1-9(2,3)8(14)15-7-4-6(5-7)10(11,12)13;1-8(2,10)7(14)15-6-3-5(4-6)9(11,12)13;/h6-7H,4-5H2,1-3H3;5-6H,3-4H2,1-2H3;1H3. The highest BCUT2D eigenvalue weighted by atomic mass is 35.5. The Morgan fingerprint density at radius 3 is 1.23 bits per heavy atom. The molecule has 0 saturated heterocycles. The molecule has 0 amide bonds. The zero-order valence-corrected chi connectivity index (χ0v) is 18.9. The van der Waals surface area contributed by atoms with Gasteiger partial charge in [-0.1, -0.05) is 0 Å². The molecule has 0 unspecified atom stereocenters. The third-order valence-electron chi connectivity index (χ3n) is 4.76. The number of ether oxygens (including phenoxy) is 2. The molecule has 31 heavy (non-hydrogen) atoms. The average Bonchev–Trinajstić information content (AvgIpc) is 2.41. The summed E-state index contributed by atoms with van der Waals surface area (Å²) in [5, 5.41) is 0. The van der Waals surface area contributed by atoms with Crippen LogP contribution in [0.5, 0.6) is 0 Å². The van der Waals surface area contributed by atoms with Crippen LogP contribution in [-0.2, 0) is 19.1 Å². The quantitative estimate of drug-likeness (QED) is 0.302. The first kappa shape index (κ1) is 29.8. The van der Waals surface area contributed by atoms with E-state index >= 15 is 0 Å². The molecule has 2 rings (SSSR count). The van der Waals surface area contributed by atoms with Gasteiger partial charge in [-0.15, -0.1) is 11.6 Å². The third-order valence-corrected chi connectivity index (χ3v) is 4.91. The van der Waals surface area contributed by atoms with Gasteiger partial charge in [0.25, 0.3) is 0 Å². The van der Waals surface area contributed by atoms with Gasteiger partial charge < -0.3 is 15.6 Å². The molecule has 2 fully saturated rings. The smallest absolute Gasteiger partial charge is 0.392 e. The summed E-state index contributed by atoms with van der Waals surface area (Å²) in [4.78, 5) is 21.3. The van der Waals surface area contributed by atoms with E-state index in [-0.39, 0.29) is 31.8 Å². The summed E-state index contributed by atoms with van der Waals surface area (Å²) < 4.78 is 82.3. The fraction of sp³-hybridized carbons (Fsp3) is 0.895. The van der Waals surface area contributed by atoms with E-state index < -0.39 is 58.6 Å². The number of esters is 2. The van der Waals surface area contributed by atoms with Gasteiger partial charge in [-0.3, -0.25) is 9.59 Å². The predicted octanol–water partition coefficient (Wildman–Crippen LogP) is 5.97. The Morgan fingerprint density at radius 1 is 0.710 bits per heavy atom. The first-order chi connectivity index (χ1) is 13.2. The highest BCUT2D eigenvalue weighted by Gasteiger charge is 2.50. The number of hydrogen-bond donors (Lipinski definition) is 1. The van der Waals surface area contributed by atoms with Gasteiger partial charge >= 0.3 is 24.3 Å². The topological polar surface area (TPSA) is 87.6 Å². The van der Waals surface area contributed by atoms with Crippen molar-refractivity contribution < 1.29 is 45.4 Å². The van der Waals surface area contributed by atoms with Crippen LogP contribution < -0.4 is 6.15 Å². The van der Waals surface area contributed by atoms with Crippen LogP contribution in [0.3, 0.4) is 0 Å². The van der Waals surface area contributed by atoms with Gasteiger partial charge in [0.2, 0.25) is 0 Å². The Balaban J connectivity index is 0.000000562. The third kappa shape index (κ3) is 9.43. The normalized spacial score (nSPS) is 26.2. The Bertz CT molecular complexity index is 559. The van der Waals surface area contributed by atoms with Gasteiger partial charge in [0.05, 0.1) is 17.3 Å². The van der Waals surface area contributed by atoms with E-state index in [1.807, 2.05) is 0 Å². The van der Waals surface area contributed by atoms with Crippen molar-refractivity contribution in [1.29, 1.82) is 0 Å². The van der Waals surface area contributed by atoms with Crippen LogP contribution in [0.1, 0.15) is 60.3 Å². The van der Waals surface area contributed by atoms with Crippen molar-refractivity contribution >= 4 is 23.5 Å². The van der Waals surface area contributed by atoms with Crippen LogP contribution in [0, 0.1) is 17.3 Å². The number of hydrogen-bond acceptors (Lipinski definition) is 5. The molecule has 0 aromatic carbocycles. The number of carbonyl (C=O) groups is 2. The largest absolute Gasteiger partial charge is 0.462 e. The maximum atomic E-state index is 12.1. The van der Waals surface area contributed by atoms with Crippen molar-refractivity contribution in [2.45, 2.75) is 89.7 Å². The van der Waals surface area contributed by atoms with Gasteiger partial charge in [-0.05, 0) is 60.3 Å². The molecule has 0 spiro atoms. The summed E-state index contributed by atoms with van der Waals surface area (Å²) in [5.74, 6) is -3.74. The lowest BCUT2D eigenvalue weighted by Gasteiger charge is -2.37. The number of carbonyl (C=O) groups excluding carboxylic acids is 2. The summed E-state index contributed by atoms with van der Waals surface area (Å²) in [6.07, 6.45) is -10.0. The van der Waals surface area contributed by atoms with Gasteiger partial charge in [0.15, 0.2) is 0 Å². The zero-order valence-electron chi connectivity index (χ0n) is 18.1. The SMILES string of the molecule is CC(C)(C)C(=O)OC1CC(C(F)(F)F)C1.CC(C)(Cl)C(=O)OC1CC(C(F)(F)F)C1.N. The van der Waals surface area contributed by atoms with Crippen LogP contribution in [-0.4, -0.2) is 41.4 Å². The van der Waals surface area contributed by atoms with Crippen molar-refractivity contribution in [2.24, 2.45) is 17.3 Å². The van der Waals surface area contributed by atoms with Gasteiger partial charge in [0.1, 0.15) is 17.1 Å². The fourth-order valence-corrected chi connectivity index (χ4v) is 2.52. The number of rotatable bonds is 3. The van der Waals surface area contributed by atoms with E-state index in [2.05, 4.69) is 0 Å². The Morgan fingerprint density at radius 2 is 1.00 bits per heavy atom. The van der Waals surface area contributed by atoms with Gasteiger partial charge in [0, 0.05) is 0 Å². The molecular formula is C19H30ClF6NO4. The first-order valence-corrected chi connectivity index (χ1v) is 9.83. The van der Waals surface area contributed by atoms with Crippen molar-refractivity contribution in [3.05, 3.63) is 0 Å². The molecule has 0 aromatic heterocycles. The minimum Gasteiger partial charge on any atom is -0.462 e. The molecule has 184 valence electrons. The van der Waals surface area contributed by atoms with Crippen LogP contribution in [0.25, 0.3) is 0 Å². The highest BCUT2D eigenvalue weighted by molar-refractivity contribution is 6.33. The molecule has 3 N–H and O–H groups in total. The van der Waals surface area contributed by atoms with E-state index in [1.54, 1.807) is 20.8 Å². The van der Waals surface area contributed by atoms with E-state index in [4.69, 9.17) is 21.1 Å². The van der Waals surface area contributed by atoms with Crippen LogP contribution >= 0.6 is 11.6 Å². The average molecular weight is 486 g/mol. The summed E-state index contributed by atoms with van der Waals surface area (Å²) in [6.45, 7) is 7.91. The Hall–Kier alpha value is -1.23. The summed E-state index contributed by atoms with van der Waals surface area (Å²) in [7, 11) is 0. The molecule has 0 atom stereocenters. The fourth-order valence-electron chi connectivity index (χ4n) is 2.48. The van der Waals surface area contributed by atoms with Crippen molar-refractivity contribution in [3.8, 4) is 0 Å². The second-order valence-electron chi connectivity index (χ2n) is 9.20. The highest BCUT2D eigenvalue weighted by Crippen LogP contribution is 2.43. The molecule has 0 bridgehead atoms. The molecule has 0 aliphatic heterocycles. The van der Waals surface area contributed by atoms with E-state index in [0.717, 1.165) is 0 Å². The minimum absolute atomic E-state index is 0. The van der Waals surface area contributed by atoms with Crippen LogP contribution in [0.2, 0.25) is 0 Å². The first-order valence-electron chi connectivity index (χ1n) is 9.45. The van der Waals surface area contributed by atoms with E-state index in [0.29, 0.717) is 0 Å². The second-order valence-corrected chi connectivity index (χ2v) is 10.1. The Kier molecular flexibility index (Phi) is 9.74. The van der Waals surface area contributed by atoms with Crippen molar-refractivity contribution in [3.63, 3.8) is 0 Å². The molecule has 0 aromatic rings.